The van der Waals surface area contributed by atoms with Crippen LogP contribution in [0.15, 0.2) is 36.5 Å². The number of hydrogen-bond donors (Lipinski definition) is 4. The Morgan fingerprint density at radius 2 is 1.02 bits per heavy atom. The molecule has 0 aromatic heterocycles. The zero-order chi connectivity index (χ0) is 40.7. The molecule has 0 bridgehead atoms. The molecule has 320 valence electrons. The van der Waals surface area contributed by atoms with Gasteiger partial charge in [-0.25, -0.2) is 9.36 Å². The summed E-state index contributed by atoms with van der Waals surface area (Å²) in [5.74, 6) is -2.39. The summed E-state index contributed by atoms with van der Waals surface area (Å²) in [6.07, 6.45) is 40.2. The fourth-order valence-corrected chi connectivity index (χ4v) is 6.51. The number of unbranched alkanes of at least 4 members (excludes halogenated alkanes) is 20. The van der Waals surface area contributed by atoms with Gasteiger partial charge in [0.25, 0.3) is 0 Å². The molecule has 0 rings (SSSR count). The molecule has 12 heteroatoms. The molecular formula is C43H78NO10P. The van der Waals surface area contributed by atoms with Crippen LogP contribution in [0.4, 0.5) is 0 Å². The van der Waals surface area contributed by atoms with Gasteiger partial charge in [0.05, 0.1) is 13.2 Å². The number of carbonyl (C=O) groups excluding carboxylic acids is 2. The van der Waals surface area contributed by atoms with Crippen LogP contribution in [0.5, 0.6) is 0 Å². The number of aliphatic carboxylic acids is 1. The van der Waals surface area contributed by atoms with Crippen molar-refractivity contribution in [2.24, 2.45) is 0 Å². The minimum Gasteiger partial charge on any atom is -0.480 e. The molecule has 0 spiro atoms. The number of carboxylic acids is 1. The summed E-state index contributed by atoms with van der Waals surface area (Å²) < 4.78 is 26.8. The molecule has 0 saturated heterocycles. The summed E-state index contributed by atoms with van der Waals surface area (Å²) in [7, 11) is -4.76. The summed E-state index contributed by atoms with van der Waals surface area (Å²) >= 11 is 0. The number of esters is 1. The molecule has 0 aromatic rings. The molecule has 3 atom stereocenters. The van der Waals surface area contributed by atoms with Gasteiger partial charge in [0.2, 0.25) is 5.91 Å². The molecule has 11 nitrogen and oxygen atoms in total. The van der Waals surface area contributed by atoms with Crippen molar-refractivity contribution in [3.63, 3.8) is 0 Å². The number of nitrogens with one attached hydrogen (secondary N) is 1. The first-order chi connectivity index (χ1) is 26.6. The lowest BCUT2D eigenvalue weighted by Gasteiger charge is -2.18. The smallest absolute Gasteiger partial charge is 0.472 e. The predicted molar refractivity (Wildman–Crippen MR) is 222 cm³/mol. The van der Waals surface area contributed by atoms with Crippen molar-refractivity contribution in [2.75, 3.05) is 19.8 Å². The van der Waals surface area contributed by atoms with Crippen LogP contribution in [0.3, 0.4) is 0 Å². The quantitative estimate of drug-likeness (QED) is 0.0202. The standard InChI is InChI=1S/C43H78NO10P/c1-3-5-7-9-11-13-15-17-19-20-21-22-24-26-28-30-32-34-41(46)44-40(43(48)49)38-54-55(50,51)53-37-39(45)36-52-42(47)35-33-31-29-27-25-23-18-16-14-12-10-8-6-4-2/h10,12,16-19,39-40,45H,3-9,11,13-15,20-38H2,1-2H3,(H,44,46)(H,48,49)(H,50,51)/b12-10-,18-16-,19-17-. The molecule has 4 N–H and O–H groups in total. The van der Waals surface area contributed by atoms with Gasteiger partial charge in [0, 0.05) is 12.8 Å². The van der Waals surface area contributed by atoms with Gasteiger partial charge in [0.15, 0.2) is 6.04 Å². The lowest BCUT2D eigenvalue weighted by atomic mass is 10.1. The molecule has 0 aliphatic heterocycles. The molecule has 1 amide bonds. The van der Waals surface area contributed by atoms with Gasteiger partial charge in [-0.2, -0.15) is 0 Å². The number of aliphatic hydroxyl groups is 1. The maximum absolute atomic E-state index is 12.3. The van der Waals surface area contributed by atoms with Gasteiger partial charge >= 0.3 is 19.8 Å². The molecule has 0 fully saturated rings. The lowest BCUT2D eigenvalue weighted by Crippen LogP contribution is -2.43. The van der Waals surface area contributed by atoms with Gasteiger partial charge in [-0.15, -0.1) is 0 Å². The molecular weight excluding hydrogens is 721 g/mol. The highest BCUT2D eigenvalue weighted by Crippen LogP contribution is 2.43. The topological polar surface area (TPSA) is 169 Å². The van der Waals surface area contributed by atoms with Crippen LogP contribution < -0.4 is 5.32 Å². The average Bonchev–Trinajstić information content (AvgIpc) is 3.16. The van der Waals surface area contributed by atoms with E-state index in [4.69, 9.17) is 13.8 Å². The van der Waals surface area contributed by atoms with Crippen molar-refractivity contribution in [1.29, 1.82) is 0 Å². The monoisotopic (exact) mass is 800 g/mol. The molecule has 0 aliphatic rings. The van der Waals surface area contributed by atoms with Gasteiger partial charge in [-0.05, 0) is 64.2 Å². The molecule has 0 aromatic carbocycles. The van der Waals surface area contributed by atoms with E-state index < -0.39 is 57.6 Å². The van der Waals surface area contributed by atoms with Crippen molar-refractivity contribution >= 4 is 25.7 Å². The summed E-state index contributed by atoms with van der Waals surface area (Å²) in [5.41, 5.74) is 0. The first kappa shape index (κ1) is 52.7. The highest BCUT2D eigenvalue weighted by molar-refractivity contribution is 7.47. The SMILES string of the molecule is CCCC/C=C\C/C=C\CCCCCCCC(=O)OCC(O)COP(=O)(O)OCC(NC(=O)CCCCCCCCC/C=C\CCCCCCCC)C(=O)O. The molecule has 0 radical (unpaired) electrons. The Bertz CT molecular complexity index is 1080. The van der Waals surface area contributed by atoms with Gasteiger partial charge in [-0.1, -0.05) is 147 Å². The normalized spacial score (nSPS) is 14.1. The van der Waals surface area contributed by atoms with E-state index in [2.05, 4.69) is 55.6 Å². The largest absolute Gasteiger partial charge is 0.480 e. The minimum absolute atomic E-state index is 0.140. The van der Waals surface area contributed by atoms with Crippen LogP contribution in [0.25, 0.3) is 0 Å². The summed E-state index contributed by atoms with van der Waals surface area (Å²) in [5, 5.41) is 21.8. The molecule has 3 unspecified atom stereocenters. The third kappa shape index (κ3) is 38.4. The summed E-state index contributed by atoms with van der Waals surface area (Å²) in [6, 6.07) is -1.55. The fraction of sp³-hybridized carbons (Fsp3) is 0.791. The summed E-state index contributed by atoms with van der Waals surface area (Å²) in [6.45, 7) is 2.53. The molecule has 0 heterocycles. The van der Waals surface area contributed by atoms with Crippen molar-refractivity contribution in [3.8, 4) is 0 Å². The molecule has 55 heavy (non-hydrogen) atoms. The van der Waals surface area contributed by atoms with Crippen molar-refractivity contribution in [1.82, 2.24) is 5.32 Å². The van der Waals surface area contributed by atoms with Crippen LogP contribution in [-0.4, -0.2) is 64.9 Å². The second kappa shape index (κ2) is 38.6. The van der Waals surface area contributed by atoms with E-state index in [1.165, 1.54) is 70.6 Å². The van der Waals surface area contributed by atoms with Crippen molar-refractivity contribution in [3.05, 3.63) is 36.5 Å². The van der Waals surface area contributed by atoms with Crippen LogP contribution >= 0.6 is 7.82 Å². The van der Waals surface area contributed by atoms with E-state index in [9.17, 15) is 34.1 Å². The van der Waals surface area contributed by atoms with Gasteiger partial charge in [-0.3, -0.25) is 18.6 Å². The maximum Gasteiger partial charge on any atom is 0.472 e. The number of carboxylic acid groups (broad SMARTS) is 1. The third-order valence-electron chi connectivity index (χ3n) is 9.15. The van der Waals surface area contributed by atoms with Crippen LogP contribution in [0.1, 0.15) is 187 Å². The number of aliphatic hydroxyl groups excluding tert-OH is 1. The minimum atomic E-state index is -4.76. The third-order valence-corrected chi connectivity index (χ3v) is 10.1. The Morgan fingerprint density at radius 1 is 0.582 bits per heavy atom. The Kier molecular flexibility index (Phi) is 37.0. The number of ether oxygens (including phenoxy) is 1. The predicted octanol–water partition coefficient (Wildman–Crippen LogP) is 10.8. The maximum atomic E-state index is 12.3. The van der Waals surface area contributed by atoms with Crippen molar-refractivity contribution < 1.29 is 47.8 Å². The highest BCUT2D eigenvalue weighted by Gasteiger charge is 2.28. The second-order valence-electron chi connectivity index (χ2n) is 14.5. The number of hydrogen-bond acceptors (Lipinski definition) is 8. The van der Waals surface area contributed by atoms with Crippen LogP contribution in [0.2, 0.25) is 0 Å². The first-order valence-corrected chi connectivity index (χ1v) is 23.0. The van der Waals surface area contributed by atoms with E-state index in [1.807, 2.05) is 0 Å². The molecule has 0 saturated carbocycles. The average molecular weight is 800 g/mol. The number of allylic oxidation sites excluding steroid dienone is 6. The fourth-order valence-electron chi connectivity index (χ4n) is 5.74. The van der Waals surface area contributed by atoms with Gasteiger partial charge in [0.1, 0.15) is 12.7 Å². The number of phosphoric ester groups is 1. The zero-order valence-electron chi connectivity index (χ0n) is 34.5. The highest BCUT2D eigenvalue weighted by atomic mass is 31.2. The Morgan fingerprint density at radius 3 is 1.55 bits per heavy atom. The second-order valence-corrected chi connectivity index (χ2v) is 16.0. The Labute approximate surface area is 333 Å². The number of carbonyl (C=O) groups is 3. The summed E-state index contributed by atoms with van der Waals surface area (Å²) in [4.78, 5) is 45.9. The van der Waals surface area contributed by atoms with Crippen LogP contribution in [0, 0.1) is 0 Å². The first-order valence-electron chi connectivity index (χ1n) is 21.5. The van der Waals surface area contributed by atoms with Crippen LogP contribution in [-0.2, 0) is 32.7 Å². The molecule has 0 aliphatic carbocycles. The Balaban J connectivity index is 3.94. The van der Waals surface area contributed by atoms with E-state index in [0.717, 1.165) is 77.0 Å². The lowest BCUT2D eigenvalue weighted by molar-refractivity contribution is -0.147. The zero-order valence-corrected chi connectivity index (χ0v) is 35.4. The number of amides is 1. The van der Waals surface area contributed by atoms with Gasteiger partial charge < -0.3 is 25.2 Å². The van der Waals surface area contributed by atoms with Crippen molar-refractivity contribution in [2.45, 2.75) is 199 Å². The van der Waals surface area contributed by atoms with E-state index in [1.54, 1.807) is 0 Å². The van der Waals surface area contributed by atoms with E-state index in [0.29, 0.717) is 12.8 Å². The van der Waals surface area contributed by atoms with E-state index >= 15 is 0 Å². The number of rotatable bonds is 40. The van der Waals surface area contributed by atoms with E-state index in [-0.39, 0.29) is 12.8 Å². The number of phosphoric acid groups is 1. The Hall–Kier alpha value is -2.30.